The average molecular weight is 445 g/mol. The molecule has 6 nitrogen and oxygen atoms in total. The largest absolute Gasteiger partial charge is 0.494 e. The molecule has 0 fully saturated rings. The Morgan fingerprint density at radius 1 is 1.14 bits per heavy atom. The topological polar surface area (TPSA) is 75.7 Å². The van der Waals surface area contributed by atoms with Crippen molar-refractivity contribution >= 4 is 50.5 Å². The molecule has 28 heavy (non-hydrogen) atoms. The fourth-order valence-electron chi connectivity index (χ4n) is 2.73. The van der Waals surface area contributed by atoms with Gasteiger partial charge in [-0.05, 0) is 55.8 Å². The molecule has 0 aromatic heterocycles. The van der Waals surface area contributed by atoms with Crippen LogP contribution in [0.15, 0.2) is 42.5 Å². The number of amides is 1. The molecule has 1 unspecified atom stereocenters. The summed E-state index contributed by atoms with van der Waals surface area (Å²) in [6.07, 6.45) is 1.32. The summed E-state index contributed by atoms with van der Waals surface area (Å²) in [7, 11) is -3.74. The number of nitrogens with zero attached hydrogens (tertiary/aromatic N) is 1. The van der Waals surface area contributed by atoms with E-state index in [1.807, 2.05) is 6.92 Å². The Labute approximate surface area is 175 Å². The number of sulfonamides is 1. The van der Waals surface area contributed by atoms with Gasteiger partial charge in [-0.3, -0.25) is 9.10 Å². The third-order valence-corrected chi connectivity index (χ3v) is 5.66. The zero-order chi connectivity index (χ0) is 20.9. The molecule has 2 aromatic rings. The van der Waals surface area contributed by atoms with Gasteiger partial charge in [0.2, 0.25) is 15.9 Å². The van der Waals surface area contributed by atoms with Crippen LogP contribution in [0.1, 0.15) is 20.3 Å². The lowest BCUT2D eigenvalue weighted by molar-refractivity contribution is -0.117. The average Bonchev–Trinajstić information content (AvgIpc) is 2.62. The highest BCUT2D eigenvalue weighted by molar-refractivity contribution is 7.92. The normalized spacial score (nSPS) is 12.3. The maximum atomic E-state index is 12.9. The Morgan fingerprint density at radius 2 is 1.79 bits per heavy atom. The molecular weight excluding hydrogens is 423 g/mol. The molecule has 1 amide bonds. The van der Waals surface area contributed by atoms with Crippen LogP contribution in [0.3, 0.4) is 0 Å². The van der Waals surface area contributed by atoms with Gasteiger partial charge in [0.1, 0.15) is 11.8 Å². The van der Waals surface area contributed by atoms with Gasteiger partial charge < -0.3 is 10.1 Å². The highest BCUT2D eigenvalue weighted by atomic mass is 35.5. The summed E-state index contributed by atoms with van der Waals surface area (Å²) in [4.78, 5) is 12.9. The van der Waals surface area contributed by atoms with Crippen molar-refractivity contribution in [2.24, 2.45) is 0 Å². The lowest BCUT2D eigenvalue weighted by atomic mass is 10.1. The van der Waals surface area contributed by atoms with Crippen LogP contribution in [0.4, 0.5) is 11.4 Å². The van der Waals surface area contributed by atoms with Crippen molar-refractivity contribution in [3.8, 4) is 5.75 Å². The van der Waals surface area contributed by atoms with Crippen molar-refractivity contribution < 1.29 is 17.9 Å². The number of nitrogens with one attached hydrogen (secondary N) is 1. The molecular formula is C19H22Cl2N2O4S. The maximum Gasteiger partial charge on any atom is 0.248 e. The van der Waals surface area contributed by atoms with E-state index in [1.54, 1.807) is 43.3 Å². The SMILES string of the molecule is CCOc1ccc(N(C(CC)C(=O)Nc2cc(Cl)ccc2Cl)S(C)(=O)=O)cc1. The zero-order valence-corrected chi connectivity index (χ0v) is 18.1. The summed E-state index contributed by atoms with van der Waals surface area (Å²) < 4.78 is 31.5. The Morgan fingerprint density at radius 3 is 2.32 bits per heavy atom. The molecule has 0 aliphatic heterocycles. The molecule has 0 saturated carbocycles. The van der Waals surface area contributed by atoms with Gasteiger partial charge in [0.05, 0.1) is 29.3 Å². The molecule has 0 radical (unpaired) electrons. The van der Waals surface area contributed by atoms with Crippen LogP contribution in [-0.4, -0.2) is 33.2 Å². The Kier molecular flexibility index (Phi) is 7.57. The zero-order valence-electron chi connectivity index (χ0n) is 15.8. The number of rotatable bonds is 8. The Balaban J connectivity index is 2.37. The van der Waals surface area contributed by atoms with Crippen molar-refractivity contribution in [2.75, 3.05) is 22.5 Å². The first-order chi connectivity index (χ1) is 13.2. The third-order valence-electron chi connectivity index (χ3n) is 3.92. The fourth-order valence-corrected chi connectivity index (χ4v) is 4.27. The molecule has 9 heteroatoms. The van der Waals surface area contributed by atoms with E-state index in [-0.39, 0.29) is 6.42 Å². The van der Waals surface area contributed by atoms with E-state index in [2.05, 4.69) is 5.32 Å². The molecule has 0 aliphatic carbocycles. The van der Waals surface area contributed by atoms with Crippen molar-refractivity contribution in [3.63, 3.8) is 0 Å². The molecule has 0 bridgehead atoms. The second-order valence-electron chi connectivity index (χ2n) is 6.02. The minimum atomic E-state index is -3.74. The standard InChI is InChI=1S/C19H22Cl2N2O4S/c1-4-18(19(24)22-17-12-13(20)6-11-16(17)21)23(28(3,25)26)14-7-9-15(10-8-14)27-5-2/h6-12,18H,4-5H2,1-3H3,(H,22,24). The minimum Gasteiger partial charge on any atom is -0.494 e. The minimum absolute atomic E-state index is 0.254. The predicted molar refractivity (Wildman–Crippen MR) is 114 cm³/mol. The molecule has 152 valence electrons. The summed E-state index contributed by atoms with van der Waals surface area (Å²) in [5, 5.41) is 3.38. The number of hydrogen-bond acceptors (Lipinski definition) is 4. The van der Waals surface area contributed by atoms with E-state index in [9.17, 15) is 13.2 Å². The van der Waals surface area contributed by atoms with Crippen LogP contribution >= 0.6 is 23.2 Å². The van der Waals surface area contributed by atoms with E-state index < -0.39 is 22.0 Å². The lowest BCUT2D eigenvalue weighted by Crippen LogP contribution is -2.47. The van der Waals surface area contributed by atoms with E-state index in [0.717, 1.165) is 10.6 Å². The third kappa shape index (κ3) is 5.53. The van der Waals surface area contributed by atoms with Crippen LogP contribution in [0.25, 0.3) is 0 Å². The maximum absolute atomic E-state index is 12.9. The van der Waals surface area contributed by atoms with E-state index in [0.29, 0.717) is 33.8 Å². The highest BCUT2D eigenvalue weighted by Crippen LogP contribution is 2.28. The molecule has 0 saturated heterocycles. The molecule has 0 heterocycles. The van der Waals surface area contributed by atoms with Crippen LogP contribution in [0.2, 0.25) is 10.0 Å². The molecule has 2 aromatic carbocycles. The first-order valence-electron chi connectivity index (χ1n) is 8.65. The highest BCUT2D eigenvalue weighted by Gasteiger charge is 2.31. The van der Waals surface area contributed by atoms with Crippen LogP contribution in [0, 0.1) is 0 Å². The molecule has 1 N–H and O–H groups in total. The molecule has 1 atom stereocenters. The number of hydrogen-bond donors (Lipinski definition) is 1. The van der Waals surface area contributed by atoms with Gasteiger partial charge in [0.25, 0.3) is 0 Å². The Hall–Kier alpha value is -1.96. The summed E-state index contributed by atoms with van der Waals surface area (Å²) in [6, 6.07) is 10.2. The van der Waals surface area contributed by atoms with Gasteiger partial charge in [-0.25, -0.2) is 8.42 Å². The summed E-state index contributed by atoms with van der Waals surface area (Å²) in [5.41, 5.74) is 0.683. The summed E-state index contributed by atoms with van der Waals surface area (Å²) in [6.45, 7) is 4.08. The number of carbonyl (C=O) groups excluding carboxylic acids is 1. The summed E-state index contributed by atoms with van der Waals surface area (Å²) >= 11 is 12.1. The van der Waals surface area contributed by atoms with Crippen molar-refractivity contribution in [2.45, 2.75) is 26.3 Å². The number of anilines is 2. The van der Waals surface area contributed by atoms with Gasteiger partial charge in [-0.2, -0.15) is 0 Å². The van der Waals surface area contributed by atoms with Gasteiger partial charge in [-0.1, -0.05) is 30.1 Å². The van der Waals surface area contributed by atoms with E-state index >= 15 is 0 Å². The predicted octanol–water partition coefficient (Wildman–Crippen LogP) is 4.58. The van der Waals surface area contributed by atoms with Gasteiger partial charge >= 0.3 is 0 Å². The number of benzene rings is 2. The summed E-state index contributed by atoms with van der Waals surface area (Å²) in [5.74, 6) is 0.105. The number of halogens is 2. The monoisotopic (exact) mass is 444 g/mol. The molecule has 0 aliphatic rings. The van der Waals surface area contributed by atoms with E-state index in [4.69, 9.17) is 27.9 Å². The lowest BCUT2D eigenvalue weighted by Gasteiger charge is -2.30. The first kappa shape index (κ1) is 22.3. The van der Waals surface area contributed by atoms with Gasteiger partial charge in [-0.15, -0.1) is 0 Å². The first-order valence-corrected chi connectivity index (χ1v) is 11.3. The van der Waals surface area contributed by atoms with Gasteiger partial charge in [0, 0.05) is 5.02 Å². The van der Waals surface area contributed by atoms with E-state index in [1.165, 1.54) is 6.07 Å². The van der Waals surface area contributed by atoms with Crippen molar-refractivity contribution in [3.05, 3.63) is 52.5 Å². The number of ether oxygens (including phenoxy) is 1. The van der Waals surface area contributed by atoms with Gasteiger partial charge in [0.15, 0.2) is 0 Å². The van der Waals surface area contributed by atoms with Crippen molar-refractivity contribution in [1.29, 1.82) is 0 Å². The molecule has 0 spiro atoms. The quantitative estimate of drug-likeness (QED) is 0.646. The van der Waals surface area contributed by atoms with Crippen molar-refractivity contribution in [1.82, 2.24) is 0 Å². The smallest absolute Gasteiger partial charge is 0.248 e. The van der Waals surface area contributed by atoms with Crippen LogP contribution < -0.4 is 14.4 Å². The second kappa shape index (κ2) is 9.49. The van der Waals surface area contributed by atoms with Crippen LogP contribution in [-0.2, 0) is 14.8 Å². The fraction of sp³-hybridized carbons (Fsp3) is 0.316. The van der Waals surface area contributed by atoms with Crippen LogP contribution in [0.5, 0.6) is 5.75 Å². The number of carbonyl (C=O) groups is 1. The second-order valence-corrected chi connectivity index (χ2v) is 8.73. The Bertz CT molecular complexity index is 933. The molecule has 2 rings (SSSR count).